The molecule has 0 aliphatic heterocycles. The lowest BCUT2D eigenvalue weighted by Gasteiger charge is -2.32. The van der Waals surface area contributed by atoms with Gasteiger partial charge in [0, 0.05) is 25.4 Å². The van der Waals surface area contributed by atoms with Crippen molar-refractivity contribution in [2.75, 3.05) is 6.61 Å². The van der Waals surface area contributed by atoms with Gasteiger partial charge >= 0.3 is 0 Å². The Morgan fingerprint density at radius 3 is 2.11 bits per heavy atom. The molecule has 2 amide bonds. The second-order valence-electron chi connectivity index (χ2n) is 9.14. The molecule has 1 N–H and O–H groups in total. The van der Waals surface area contributed by atoms with Crippen LogP contribution in [0.1, 0.15) is 43.4 Å². The van der Waals surface area contributed by atoms with Gasteiger partial charge < -0.3 is 15.0 Å². The third kappa shape index (κ3) is 8.60. The number of ether oxygens (including phenoxy) is 1. The lowest BCUT2D eigenvalue weighted by molar-refractivity contribution is -0.141. The highest BCUT2D eigenvalue weighted by atomic mass is 16.5. The maximum atomic E-state index is 13.5. The first-order valence-corrected chi connectivity index (χ1v) is 12.3. The first-order chi connectivity index (χ1) is 16.9. The van der Waals surface area contributed by atoms with E-state index in [2.05, 4.69) is 5.32 Å². The Morgan fingerprint density at radius 2 is 1.49 bits per heavy atom. The average molecular weight is 473 g/mol. The highest BCUT2D eigenvalue weighted by Crippen LogP contribution is 2.17. The number of aryl methyl sites for hydroxylation is 1. The van der Waals surface area contributed by atoms with Crippen LogP contribution in [0.2, 0.25) is 0 Å². The first-order valence-electron chi connectivity index (χ1n) is 12.3. The van der Waals surface area contributed by atoms with Crippen LogP contribution in [0.25, 0.3) is 0 Å². The molecule has 0 saturated heterocycles. The molecule has 0 radical (unpaired) electrons. The summed E-state index contributed by atoms with van der Waals surface area (Å²) in [7, 11) is 0. The predicted molar refractivity (Wildman–Crippen MR) is 140 cm³/mol. The van der Waals surface area contributed by atoms with Crippen molar-refractivity contribution >= 4 is 11.8 Å². The molecule has 0 spiro atoms. The molecule has 184 valence electrons. The molecule has 0 aliphatic rings. The fourth-order valence-corrected chi connectivity index (χ4v) is 3.90. The normalized spacial score (nSPS) is 11.7. The van der Waals surface area contributed by atoms with Gasteiger partial charge in [-0.2, -0.15) is 0 Å². The minimum atomic E-state index is -0.608. The zero-order valence-corrected chi connectivity index (χ0v) is 20.9. The Hall–Kier alpha value is -3.60. The van der Waals surface area contributed by atoms with Crippen LogP contribution in [-0.4, -0.2) is 35.4 Å². The van der Waals surface area contributed by atoms with E-state index < -0.39 is 6.04 Å². The van der Waals surface area contributed by atoms with E-state index >= 15 is 0 Å². The van der Waals surface area contributed by atoms with Gasteiger partial charge in [-0.05, 0) is 50.5 Å². The van der Waals surface area contributed by atoms with Crippen LogP contribution >= 0.6 is 0 Å². The molecule has 35 heavy (non-hydrogen) atoms. The van der Waals surface area contributed by atoms with Crippen molar-refractivity contribution < 1.29 is 14.3 Å². The molecular weight excluding hydrogens is 436 g/mol. The Bertz CT molecular complexity index is 1050. The molecule has 3 rings (SSSR count). The van der Waals surface area contributed by atoms with Gasteiger partial charge in [-0.15, -0.1) is 0 Å². The third-order valence-electron chi connectivity index (χ3n) is 5.72. The summed E-state index contributed by atoms with van der Waals surface area (Å²) >= 11 is 0. The highest BCUT2D eigenvalue weighted by Gasteiger charge is 2.30. The molecule has 0 aliphatic carbocycles. The van der Waals surface area contributed by atoms with E-state index in [1.807, 2.05) is 106 Å². The second kappa shape index (κ2) is 13.3. The van der Waals surface area contributed by atoms with E-state index in [0.717, 1.165) is 22.4 Å². The van der Waals surface area contributed by atoms with Gasteiger partial charge in [0.15, 0.2) is 0 Å². The molecule has 0 heterocycles. The summed E-state index contributed by atoms with van der Waals surface area (Å²) in [5.41, 5.74) is 3.17. The van der Waals surface area contributed by atoms with E-state index in [4.69, 9.17) is 4.74 Å². The van der Waals surface area contributed by atoms with Crippen LogP contribution in [0.4, 0.5) is 0 Å². The van der Waals surface area contributed by atoms with Crippen LogP contribution in [0.3, 0.4) is 0 Å². The Labute approximate surface area is 209 Å². The Morgan fingerprint density at radius 1 is 0.857 bits per heavy atom. The van der Waals surface area contributed by atoms with E-state index in [1.54, 1.807) is 4.90 Å². The zero-order chi connectivity index (χ0) is 25.0. The van der Waals surface area contributed by atoms with Crippen molar-refractivity contribution in [2.45, 2.75) is 58.7 Å². The van der Waals surface area contributed by atoms with Crippen molar-refractivity contribution in [1.82, 2.24) is 10.2 Å². The van der Waals surface area contributed by atoms with Crippen LogP contribution in [0, 0.1) is 6.92 Å². The quantitative estimate of drug-likeness (QED) is 0.363. The number of benzene rings is 3. The fraction of sp³-hybridized carbons (Fsp3) is 0.333. The molecule has 3 aromatic rings. The van der Waals surface area contributed by atoms with Gasteiger partial charge in [0.25, 0.3) is 0 Å². The van der Waals surface area contributed by atoms with Gasteiger partial charge in [-0.3, -0.25) is 9.59 Å². The number of hydrogen-bond donors (Lipinski definition) is 1. The molecule has 0 unspecified atom stereocenters. The van der Waals surface area contributed by atoms with Crippen LogP contribution in [-0.2, 0) is 22.6 Å². The maximum absolute atomic E-state index is 13.5. The summed E-state index contributed by atoms with van der Waals surface area (Å²) in [5, 5.41) is 3.02. The highest BCUT2D eigenvalue weighted by molar-refractivity contribution is 5.88. The molecule has 5 heteroatoms. The van der Waals surface area contributed by atoms with E-state index in [-0.39, 0.29) is 17.9 Å². The van der Waals surface area contributed by atoms with Gasteiger partial charge in [0.05, 0.1) is 6.61 Å². The van der Waals surface area contributed by atoms with Crippen molar-refractivity contribution in [1.29, 1.82) is 0 Å². The SMILES string of the molecule is Cc1ccc(CN(C(=O)CCCOc2ccccc2)[C@@H](Cc2ccccc2)C(=O)NC(C)C)cc1. The molecule has 3 aromatic carbocycles. The van der Waals surface area contributed by atoms with E-state index in [9.17, 15) is 9.59 Å². The van der Waals surface area contributed by atoms with Gasteiger partial charge in [0.1, 0.15) is 11.8 Å². The summed E-state index contributed by atoms with van der Waals surface area (Å²) in [5.74, 6) is 0.599. The smallest absolute Gasteiger partial charge is 0.243 e. The van der Waals surface area contributed by atoms with Crippen LogP contribution < -0.4 is 10.1 Å². The molecule has 0 fully saturated rings. The average Bonchev–Trinajstić information content (AvgIpc) is 2.86. The standard InChI is InChI=1S/C30H36N2O3/c1-23(2)31-30(34)28(21-25-11-6-4-7-12-25)32(22-26-18-16-24(3)17-19-26)29(33)15-10-20-35-27-13-8-5-9-14-27/h4-9,11-14,16-19,23,28H,10,15,20-22H2,1-3H3,(H,31,34)/t28-/m0/s1. The first kappa shape index (κ1) is 26.0. The number of hydrogen-bond acceptors (Lipinski definition) is 3. The van der Waals surface area contributed by atoms with Crippen molar-refractivity contribution in [3.05, 3.63) is 102 Å². The summed E-state index contributed by atoms with van der Waals surface area (Å²) in [4.78, 5) is 28.6. The number of carbonyl (C=O) groups excluding carboxylic acids is 2. The summed E-state index contributed by atoms with van der Waals surface area (Å²) in [6.45, 7) is 6.72. The van der Waals surface area contributed by atoms with Gasteiger partial charge in [-0.25, -0.2) is 0 Å². The number of nitrogens with zero attached hydrogens (tertiary/aromatic N) is 1. The van der Waals surface area contributed by atoms with Crippen LogP contribution in [0.15, 0.2) is 84.9 Å². The third-order valence-corrected chi connectivity index (χ3v) is 5.72. The fourth-order valence-electron chi connectivity index (χ4n) is 3.90. The maximum Gasteiger partial charge on any atom is 0.243 e. The van der Waals surface area contributed by atoms with Crippen molar-refractivity contribution in [3.8, 4) is 5.75 Å². The largest absolute Gasteiger partial charge is 0.494 e. The van der Waals surface area contributed by atoms with Crippen LogP contribution in [0.5, 0.6) is 5.75 Å². The summed E-state index contributed by atoms with van der Waals surface area (Å²) in [6.07, 6.45) is 1.33. The molecule has 1 atom stereocenters. The molecule has 0 saturated carbocycles. The minimum absolute atomic E-state index is 0.0172. The Kier molecular flexibility index (Phi) is 9.91. The topological polar surface area (TPSA) is 58.6 Å². The number of rotatable bonds is 12. The summed E-state index contributed by atoms with van der Waals surface area (Å²) in [6, 6.07) is 26.9. The number of carbonyl (C=O) groups is 2. The van der Waals surface area contributed by atoms with Crippen molar-refractivity contribution in [3.63, 3.8) is 0 Å². The summed E-state index contributed by atoms with van der Waals surface area (Å²) < 4.78 is 5.77. The zero-order valence-electron chi connectivity index (χ0n) is 20.9. The second-order valence-corrected chi connectivity index (χ2v) is 9.14. The number of amides is 2. The molecule has 5 nitrogen and oxygen atoms in total. The number of nitrogens with one attached hydrogen (secondary N) is 1. The molecular formula is C30H36N2O3. The number of para-hydroxylation sites is 1. The van der Waals surface area contributed by atoms with E-state index in [0.29, 0.717) is 32.4 Å². The predicted octanol–water partition coefficient (Wildman–Crippen LogP) is 5.32. The van der Waals surface area contributed by atoms with Crippen molar-refractivity contribution in [2.24, 2.45) is 0 Å². The lowest BCUT2D eigenvalue weighted by Crippen LogP contribution is -2.51. The Balaban J connectivity index is 1.78. The van der Waals surface area contributed by atoms with Gasteiger partial charge in [-0.1, -0.05) is 78.4 Å². The lowest BCUT2D eigenvalue weighted by atomic mass is 10.0. The molecule has 0 bridgehead atoms. The minimum Gasteiger partial charge on any atom is -0.494 e. The van der Waals surface area contributed by atoms with E-state index in [1.165, 1.54) is 0 Å². The van der Waals surface area contributed by atoms with Gasteiger partial charge in [0.2, 0.25) is 11.8 Å². The monoisotopic (exact) mass is 472 g/mol. The molecule has 0 aromatic heterocycles.